The second-order valence-electron chi connectivity index (χ2n) is 5.59. The number of carbonyl (C=O) groups is 1. The molecule has 0 spiro atoms. The molecule has 0 bridgehead atoms. The molecule has 0 saturated heterocycles. The van der Waals surface area contributed by atoms with Crippen LogP contribution in [0.1, 0.15) is 46.0 Å². The molecule has 18 heavy (non-hydrogen) atoms. The van der Waals surface area contributed by atoms with Crippen molar-refractivity contribution in [2.45, 2.75) is 52.0 Å². The summed E-state index contributed by atoms with van der Waals surface area (Å²) >= 11 is 0. The summed E-state index contributed by atoms with van der Waals surface area (Å²) in [6, 6.07) is -0.00322. The Morgan fingerprint density at radius 2 is 2.11 bits per heavy atom. The molecule has 3 atom stereocenters. The van der Waals surface area contributed by atoms with Crippen molar-refractivity contribution in [1.29, 1.82) is 0 Å². The highest BCUT2D eigenvalue weighted by molar-refractivity contribution is 5.79. The molecule has 1 amide bonds. The molecule has 0 radical (unpaired) electrons. The van der Waals surface area contributed by atoms with E-state index in [4.69, 9.17) is 10.8 Å². The molecular formula is C14H28N2O2. The van der Waals surface area contributed by atoms with Crippen LogP contribution in [0.3, 0.4) is 0 Å². The van der Waals surface area contributed by atoms with Crippen molar-refractivity contribution in [2.24, 2.45) is 17.6 Å². The van der Waals surface area contributed by atoms with Crippen molar-refractivity contribution < 1.29 is 9.90 Å². The van der Waals surface area contributed by atoms with Crippen molar-refractivity contribution >= 4 is 5.91 Å². The minimum absolute atomic E-state index is 0.00322. The monoisotopic (exact) mass is 256 g/mol. The fraction of sp³-hybridized carbons (Fsp3) is 0.929. The molecule has 1 saturated carbocycles. The number of hydrogen-bond donors (Lipinski definition) is 2. The average Bonchev–Trinajstić information content (AvgIpc) is 2.36. The number of amides is 1. The van der Waals surface area contributed by atoms with Gasteiger partial charge in [0.1, 0.15) is 0 Å². The van der Waals surface area contributed by atoms with Crippen LogP contribution in [0.25, 0.3) is 0 Å². The lowest BCUT2D eigenvalue weighted by atomic mass is 9.78. The SMILES string of the molecule is CCCCN(CCO)C(=O)C1CC(C)CCC1N. The summed E-state index contributed by atoms with van der Waals surface area (Å²) in [7, 11) is 0. The minimum atomic E-state index is -0.0443. The predicted octanol–water partition coefficient (Wildman–Crippen LogP) is 1.37. The van der Waals surface area contributed by atoms with Crippen molar-refractivity contribution in [2.75, 3.05) is 19.7 Å². The lowest BCUT2D eigenvalue weighted by Crippen LogP contribution is -2.48. The summed E-state index contributed by atoms with van der Waals surface area (Å²) in [6.45, 7) is 5.52. The molecule has 1 aliphatic rings. The van der Waals surface area contributed by atoms with E-state index in [0.29, 0.717) is 12.5 Å². The van der Waals surface area contributed by atoms with Crippen LogP contribution in [0.4, 0.5) is 0 Å². The summed E-state index contributed by atoms with van der Waals surface area (Å²) < 4.78 is 0. The Morgan fingerprint density at radius 3 is 2.72 bits per heavy atom. The van der Waals surface area contributed by atoms with Gasteiger partial charge in [0, 0.05) is 19.1 Å². The maximum atomic E-state index is 12.5. The molecule has 106 valence electrons. The van der Waals surface area contributed by atoms with E-state index in [1.54, 1.807) is 4.90 Å². The van der Waals surface area contributed by atoms with E-state index in [9.17, 15) is 4.79 Å². The number of nitrogens with two attached hydrogens (primary N) is 1. The maximum Gasteiger partial charge on any atom is 0.227 e. The van der Waals surface area contributed by atoms with Gasteiger partial charge in [-0.3, -0.25) is 4.79 Å². The van der Waals surface area contributed by atoms with Crippen molar-refractivity contribution in [3.05, 3.63) is 0 Å². The van der Waals surface area contributed by atoms with Crippen LogP contribution in [0.15, 0.2) is 0 Å². The van der Waals surface area contributed by atoms with E-state index >= 15 is 0 Å². The zero-order chi connectivity index (χ0) is 13.5. The third-order valence-corrected chi connectivity index (χ3v) is 3.95. The van der Waals surface area contributed by atoms with E-state index in [0.717, 1.165) is 38.6 Å². The molecule has 4 nitrogen and oxygen atoms in total. The van der Waals surface area contributed by atoms with Crippen LogP contribution in [-0.2, 0) is 4.79 Å². The molecular weight excluding hydrogens is 228 g/mol. The van der Waals surface area contributed by atoms with Gasteiger partial charge in [0.25, 0.3) is 0 Å². The number of nitrogens with zero attached hydrogens (tertiary/aromatic N) is 1. The number of rotatable bonds is 6. The van der Waals surface area contributed by atoms with Crippen molar-refractivity contribution in [3.63, 3.8) is 0 Å². The Bertz CT molecular complexity index is 258. The molecule has 1 rings (SSSR count). The highest BCUT2D eigenvalue weighted by Gasteiger charge is 2.33. The van der Waals surface area contributed by atoms with E-state index in [1.165, 1.54) is 0 Å². The Labute approximate surface area is 111 Å². The van der Waals surface area contributed by atoms with Gasteiger partial charge in [-0.25, -0.2) is 0 Å². The quantitative estimate of drug-likeness (QED) is 0.754. The van der Waals surface area contributed by atoms with Crippen molar-refractivity contribution in [1.82, 2.24) is 4.90 Å². The molecule has 3 unspecified atom stereocenters. The summed E-state index contributed by atoms with van der Waals surface area (Å²) in [5.41, 5.74) is 6.09. The first-order chi connectivity index (χ1) is 8.60. The molecule has 1 fully saturated rings. The Balaban J connectivity index is 2.61. The lowest BCUT2D eigenvalue weighted by Gasteiger charge is -2.35. The first kappa shape index (κ1) is 15.4. The summed E-state index contributed by atoms with van der Waals surface area (Å²) in [5, 5.41) is 9.08. The largest absolute Gasteiger partial charge is 0.395 e. The lowest BCUT2D eigenvalue weighted by molar-refractivity contribution is -0.138. The number of carbonyl (C=O) groups excluding carboxylic acids is 1. The Morgan fingerprint density at radius 1 is 1.39 bits per heavy atom. The molecule has 0 aromatic carbocycles. The average molecular weight is 256 g/mol. The minimum Gasteiger partial charge on any atom is -0.395 e. The van der Waals surface area contributed by atoms with Crippen LogP contribution in [0, 0.1) is 11.8 Å². The second-order valence-corrected chi connectivity index (χ2v) is 5.59. The summed E-state index contributed by atoms with van der Waals surface area (Å²) in [4.78, 5) is 14.3. The van der Waals surface area contributed by atoms with Crippen LogP contribution >= 0.6 is 0 Å². The Kier molecular flexibility index (Phi) is 6.65. The van der Waals surface area contributed by atoms with Crippen LogP contribution in [-0.4, -0.2) is 41.7 Å². The van der Waals surface area contributed by atoms with Gasteiger partial charge in [-0.15, -0.1) is 0 Å². The smallest absolute Gasteiger partial charge is 0.227 e. The normalized spacial score (nSPS) is 28.1. The topological polar surface area (TPSA) is 66.6 Å². The number of aliphatic hydroxyl groups is 1. The van der Waals surface area contributed by atoms with Crippen molar-refractivity contribution in [3.8, 4) is 0 Å². The molecule has 3 N–H and O–H groups in total. The fourth-order valence-electron chi connectivity index (χ4n) is 2.72. The zero-order valence-corrected chi connectivity index (χ0v) is 11.8. The number of unbranched alkanes of at least 4 members (excludes halogenated alkanes) is 1. The van der Waals surface area contributed by atoms with Gasteiger partial charge in [-0.2, -0.15) is 0 Å². The third kappa shape index (κ3) is 4.25. The first-order valence-electron chi connectivity index (χ1n) is 7.25. The second kappa shape index (κ2) is 7.74. The highest BCUT2D eigenvalue weighted by atomic mass is 16.3. The van der Waals surface area contributed by atoms with Crippen LogP contribution in [0.5, 0.6) is 0 Å². The van der Waals surface area contributed by atoms with E-state index in [-0.39, 0.29) is 24.5 Å². The third-order valence-electron chi connectivity index (χ3n) is 3.95. The molecule has 0 aliphatic heterocycles. The van der Waals surface area contributed by atoms with E-state index in [2.05, 4.69) is 13.8 Å². The molecule has 0 heterocycles. The zero-order valence-electron chi connectivity index (χ0n) is 11.8. The van der Waals surface area contributed by atoms with Gasteiger partial charge in [0.2, 0.25) is 5.91 Å². The van der Waals surface area contributed by atoms with Gasteiger partial charge in [0.15, 0.2) is 0 Å². The molecule has 1 aliphatic carbocycles. The van der Waals surface area contributed by atoms with Gasteiger partial charge in [-0.05, 0) is 31.6 Å². The fourth-order valence-corrected chi connectivity index (χ4v) is 2.72. The first-order valence-corrected chi connectivity index (χ1v) is 7.25. The van der Waals surface area contributed by atoms with E-state index < -0.39 is 0 Å². The predicted molar refractivity (Wildman–Crippen MR) is 73.1 cm³/mol. The highest BCUT2D eigenvalue weighted by Crippen LogP contribution is 2.29. The number of aliphatic hydroxyl groups excluding tert-OH is 1. The summed E-state index contributed by atoms with van der Waals surface area (Å²) in [6.07, 6.45) is 5.01. The Hall–Kier alpha value is -0.610. The van der Waals surface area contributed by atoms with Gasteiger partial charge in [0.05, 0.1) is 12.5 Å². The summed E-state index contributed by atoms with van der Waals surface area (Å²) in [5.74, 6) is 0.689. The van der Waals surface area contributed by atoms with Gasteiger partial charge in [-0.1, -0.05) is 20.3 Å². The van der Waals surface area contributed by atoms with Gasteiger partial charge < -0.3 is 15.7 Å². The van der Waals surface area contributed by atoms with Crippen LogP contribution in [0.2, 0.25) is 0 Å². The standard InChI is InChI=1S/C14H28N2O2/c1-3-4-7-16(8-9-17)14(18)12-10-11(2)5-6-13(12)15/h11-13,17H,3-10,15H2,1-2H3. The van der Waals surface area contributed by atoms with Crippen LogP contribution < -0.4 is 5.73 Å². The number of hydrogen-bond acceptors (Lipinski definition) is 3. The molecule has 0 aromatic heterocycles. The molecule has 0 aromatic rings. The maximum absolute atomic E-state index is 12.5. The van der Waals surface area contributed by atoms with E-state index in [1.807, 2.05) is 0 Å². The van der Waals surface area contributed by atoms with Gasteiger partial charge >= 0.3 is 0 Å². The molecule has 4 heteroatoms.